The summed E-state index contributed by atoms with van der Waals surface area (Å²) in [5.41, 5.74) is 4.79. The van der Waals surface area contributed by atoms with E-state index in [0.29, 0.717) is 0 Å². The van der Waals surface area contributed by atoms with Crippen LogP contribution in [0.2, 0.25) is 0 Å². The molecule has 0 radical (unpaired) electrons. The van der Waals surface area contributed by atoms with Crippen molar-refractivity contribution in [1.82, 2.24) is 0 Å². The number of carbonyl (C=O) groups excluding carboxylic acids is 1. The molecule has 0 aromatic rings. The van der Waals surface area contributed by atoms with Crippen molar-refractivity contribution in [3.63, 3.8) is 0 Å². The molecule has 0 heterocycles. The predicted octanol–water partition coefficient (Wildman–Crippen LogP) is -5.82. The normalized spacial score (nSPS) is 13.2. The van der Waals surface area contributed by atoms with Gasteiger partial charge in [0.1, 0.15) is 0 Å². The van der Waals surface area contributed by atoms with Gasteiger partial charge in [-0.1, -0.05) is 0 Å². The van der Waals surface area contributed by atoms with E-state index in [1.165, 1.54) is 0 Å². The van der Waals surface area contributed by atoms with Crippen molar-refractivity contribution in [3.05, 3.63) is 0 Å². The van der Waals surface area contributed by atoms with E-state index < -0.39 is 26.4 Å². The van der Waals surface area contributed by atoms with E-state index in [1.807, 2.05) is 0 Å². The summed E-state index contributed by atoms with van der Waals surface area (Å²) in [6.07, 6.45) is 0. The van der Waals surface area contributed by atoms with Gasteiger partial charge in [-0.05, 0) is 0 Å². The summed E-state index contributed by atoms with van der Waals surface area (Å²) in [4.78, 5) is 26.0. The molecule has 9 heteroatoms. The van der Waals surface area contributed by atoms with Gasteiger partial charge in [0.2, 0.25) is 0 Å². The topological polar surface area (TPSA) is 133 Å². The third-order valence-corrected chi connectivity index (χ3v) is 1.21. The Morgan fingerprint density at radius 3 is 2.33 bits per heavy atom. The molecule has 4 N–H and O–H groups in total. The summed E-state index contributed by atoms with van der Waals surface area (Å²) < 4.78 is 13.7. The molecule has 0 aromatic heterocycles. The SMILES string of the molecule is N[C@@H](COP(=O)(O)O)C(=O)[O-].[Na+]. The monoisotopic (exact) mass is 207 g/mol. The van der Waals surface area contributed by atoms with E-state index in [-0.39, 0.29) is 29.6 Å². The van der Waals surface area contributed by atoms with E-state index in [0.717, 1.165) is 0 Å². The number of carboxylic acid groups (broad SMARTS) is 1. The van der Waals surface area contributed by atoms with Crippen molar-refractivity contribution in [2.24, 2.45) is 5.73 Å². The van der Waals surface area contributed by atoms with E-state index in [9.17, 15) is 14.5 Å². The third-order valence-electron chi connectivity index (χ3n) is 0.725. The maximum Gasteiger partial charge on any atom is 1.00 e. The first-order valence-electron chi connectivity index (χ1n) is 2.49. The maximum atomic E-state index is 9.96. The minimum Gasteiger partial charge on any atom is -0.548 e. The van der Waals surface area contributed by atoms with Gasteiger partial charge >= 0.3 is 37.4 Å². The quantitative estimate of drug-likeness (QED) is 0.309. The fourth-order valence-corrected chi connectivity index (χ4v) is 0.600. The van der Waals surface area contributed by atoms with Gasteiger partial charge in [-0.3, -0.25) is 4.52 Å². The zero-order chi connectivity index (χ0) is 9.07. The van der Waals surface area contributed by atoms with Gasteiger partial charge in [0, 0.05) is 0 Å². The van der Waals surface area contributed by atoms with Crippen LogP contribution in [-0.2, 0) is 13.9 Å². The van der Waals surface area contributed by atoms with E-state index in [2.05, 4.69) is 4.52 Å². The molecule has 7 nitrogen and oxygen atoms in total. The number of hydrogen-bond acceptors (Lipinski definition) is 5. The average molecular weight is 207 g/mol. The molecular weight excluding hydrogens is 200 g/mol. The number of phosphoric ester groups is 1. The maximum absolute atomic E-state index is 9.96. The number of carbonyl (C=O) groups is 1. The van der Waals surface area contributed by atoms with Gasteiger partial charge in [-0.25, -0.2) is 4.57 Å². The summed E-state index contributed by atoms with van der Waals surface area (Å²) in [6.45, 7) is -0.771. The first-order valence-corrected chi connectivity index (χ1v) is 4.02. The number of nitrogens with two attached hydrogens (primary N) is 1. The Kier molecular flexibility index (Phi) is 7.60. The second kappa shape index (κ2) is 6.06. The Morgan fingerprint density at radius 2 is 2.08 bits per heavy atom. The van der Waals surface area contributed by atoms with Gasteiger partial charge in [0.05, 0.1) is 18.6 Å². The van der Waals surface area contributed by atoms with Crippen molar-refractivity contribution in [1.29, 1.82) is 0 Å². The molecule has 0 saturated carbocycles. The molecule has 0 aliphatic heterocycles. The summed E-state index contributed by atoms with van der Waals surface area (Å²) in [5, 5.41) is 9.85. The molecule has 0 bridgehead atoms. The molecule has 1 atom stereocenters. The Balaban J connectivity index is 0. The largest absolute Gasteiger partial charge is 1.00 e. The molecule has 0 unspecified atom stereocenters. The molecule has 12 heavy (non-hydrogen) atoms. The van der Waals surface area contributed by atoms with Crippen LogP contribution in [-0.4, -0.2) is 28.4 Å². The second-order valence-corrected chi connectivity index (χ2v) is 2.95. The summed E-state index contributed by atoms with van der Waals surface area (Å²) in [5.74, 6) is -1.63. The Labute approximate surface area is 90.4 Å². The van der Waals surface area contributed by atoms with E-state index >= 15 is 0 Å². The number of carboxylic acids is 1. The zero-order valence-electron chi connectivity index (χ0n) is 6.34. The summed E-state index contributed by atoms with van der Waals surface area (Å²) >= 11 is 0. The molecule has 0 saturated heterocycles. The van der Waals surface area contributed by atoms with Crippen LogP contribution in [0.25, 0.3) is 0 Å². The van der Waals surface area contributed by atoms with Crippen molar-refractivity contribution in [3.8, 4) is 0 Å². The van der Waals surface area contributed by atoms with Crippen molar-refractivity contribution < 1.29 is 58.3 Å². The Morgan fingerprint density at radius 1 is 1.67 bits per heavy atom. The van der Waals surface area contributed by atoms with Crippen LogP contribution >= 0.6 is 7.82 Å². The van der Waals surface area contributed by atoms with Crippen LogP contribution in [0.5, 0.6) is 0 Å². The van der Waals surface area contributed by atoms with Crippen LogP contribution in [0.1, 0.15) is 0 Å². The van der Waals surface area contributed by atoms with Gasteiger partial charge in [-0.2, -0.15) is 0 Å². The predicted molar refractivity (Wildman–Crippen MR) is 31.0 cm³/mol. The molecule has 0 fully saturated rings. The minimum absolute atomic E-state index is 0. The first-order chi connectivity index (χ1) is 4.83. The molecule has 0 aliphatic rings. The number of hydrogen-bond donors (Lipinski definition) is 3. The van der Waals surface area contributed by atoms with Gasteiger partial charge in [0.15, 0.2) is 0 Å². The molecular formula is C3H7NNaO6P. The molecule has 66 valence electrons. The number of rotatable bonds is 4. The van der Waals surface area contributed by atoms with Crippen LogP contribution in [0.15, 0.2) is 0 Å². The van der Waals surface area contributed by atoms with Gasteiger partial charge in [0.25, 0.3) is 0 Å². The van der Waals surface area contributed by atoms with Crippen LogP contribution in [0.4, 0.5) is 0 Å². The van der Waals surface area contributed by atoms with E-state index in [1.54, 1.807) is 0 Å². The fourth-order valence-electron chi connectivity index (χ4n) is 0.245. The van der Waals surface area contributed by atoms with Crippen molar-refractivity contribution in [2.75, 3.05) is 6.61 Å². The summed E-state index contributed by atoms with van der Waals surface area (Å²) in [6, 6.07) is -1.53. The number of aliphatic carboxylic acids is 1. The standard InChI is InChI=1S/C3H8NO6P.Na/c4-2(3(5)6)1-10-11(7,8)9;/h2H,1,4H2,(H,5,6)(H2,7,8,9);/q;+1/p-1/t2-;/m0./s1. The average Bonchev–Trinajstić information content (AvgIpc) is 1.80. The van der Waals surface area contributed by atoms with Crippen LogP contribution < -0.4 is 40.4 Å². The minimum atomic E-state index is -4.63. The van der Waals surface area contributed by atoms with Crippen LogP contribution in [0.3, 0.4) is 0 Å². The fraction of sp³-hybridized carbons (Fsp3) is 0.667. The van der Waals surface area contributed by atoms with Gasteiger partial charge in [-0.15, -0.1) is 0 Å². The number of phosphoric acid groups is 1. The van der Waals surface area contributed by atoms with Gasteiger partial charge < -0.3 is 25.4 Å². The molecule has 0 aliphatic carbocycles. The zero-order valence-corrected chi connectivity index (χ0v) is 9.23. The van der Waals surface area contributed by atoms with E-state index in [4.69, 9.17) is 15.5 Å². The molecule has 0 spiro atoms. The first kappa shape index (κ1) is 15.0. The summed E-state index contributed by atoms with van der Waals surface area (Å²) in [7, 11) is -4.63. The van der Waals surface area contributed by atoms with Crippen molar-refractivity contribution >= 4 is 13.8 Å². The smallest absolute Gasteiger partial charge is 0.548 e. The second-order valence-electron chi connectivity index (χ2n) is 1.71. The van der Waals surface area contributed by atoms with Crippen molar-refractivity contribution in [2.45, 2.75) is 6.04 Å². The molecule has 0 amide bonds. The molecule has 0 aromatic carbocycles. The van der Waals surface area contributed by atoms with Crippen LogP contribution in [0, 0.1) is 0 Å². The molecule has 0 rings (SSSR count). The Bertz CT molecular complexity index is 191. The third kappa shape index (κ3) is 8.63. The Hall–Kier alpha value is 0.540.